The van der Waals surface area contributed by atoms with Crippen LogP contribution in [-0.4, -0.2) is 40.7 Å². The molecule has 7 heteroatoms. The van der Waals surface area contributed by atoms with E-state index < -0.39 is 5.60 Å². The molecule has 0 amide bonds. The number of para-hydroxylation sites is 2. The molecule has 0 aliphatic carbocycles. The van der Waals surface area contributed by atoms with Crippen molar-refractivity contribution in [2.45, 2.75) is 32.3 Å². The van der Waals surface area contributed by atoms with Gasteiger partial charge in [-0.2, -0.15) is 0 Å². The molecule has 0 saturated heterocycles. The lowest BCUT2D eigenvalue weighted by molar-refractivity contribution is 0.0672. The number of rotatable bonds is 8. The van der Waals surface area contributed by atoms with Gasteiger partial charge in [0.25, 0.3) is 0 Å². The SMILES string of the molecule is CCNC(=NCC(C)(O)c1ccccc1)NCCCc1nc2ccccc2[nH]1.I. The molecule has 6 nitrogen and oxygen atoms in total. The Morgan fingerprint density at radius 1 is 1.10 bits per heavy atom. The summed E-state index contributed by atoms with van der Waals surface area (Å²) in [6, 6.07) is 17.7. The molecule has 1 aromatic heterocycles. The molecule has 0 bridgehead atoms. The van der Waals surface area contributed by atoms with Crippen molar-refractivity contribution in [2.24, 2.45) is 4.99 Å². The zero-order chi connectivity index (χ0) is 19.8. The number of nitrogens with zero attached hydrogens (tertiary/aromatic N) is 2. The Kier molecular flexibility index (Phi) is 8.91. The number of H-pyrrole nitrogens is 1. The predicted octanol–water partition coefficient (Wildman–Crippen LogP) is 3.58. The van der Waals surface area contributed by atoms with Crippen LogP contribution >= 0.6 is 24.0 Å². The molecule has 3 aromatic rings. The number of fused-ring (bicyclic) bond motifs is 1. The van der Waals surface area contributed by atoms with E-state index in [0.29, 0.717) is 5.96 Å². The molecule has 29 heavy (non-hydrogen) atoms. The van der Waals surface area contributed by atoms with Crippen LogP contribution in [0.15, 0.2) is 59.6 Å². The Balaban J connectivity index is 0.00000300. The maximum absolute atomic E-state index is 10.7. The lowest BCUT2D eigenvalue weighted by Crippen LogP contribution is -2.39. The Morgan fingerprint density at radius 2 is 1.83 bits per heavy atom. The summed E-state index contributed by atoms with van der Waals surface area (Å²) in [5.74, 6) is 1.71. The summed E-state index contributed by atoms with van der Waals surface area (Å²) in [5.41, 5.74) is 1.93. The minimum atomic E-state index is -1.00. The molecule has 4 N–H and O–H groups in total. The van der Waals surface area contributed by atoms with Crippen LogP contribution < -0.4 is 10.6 Å². The molecule has 2 aromatic carbocycles. The van der Waals surface area contributed by atoms with E-state index in [-0.39, 0.29) is 30.5 Å². The number of aromatic nitrogens is 2. The number of aliphatic hydroxyl groups is 1. The van der Waals surface area contributed by atoms with Gasteiger partial charge in [-0.05, 0) is 38.0 Å². The molecule has 156 valence electrons. The molecule has 0 aliphatic rings. The quantitative estimate of drug-likeness (QED) is 0.163. The van der Waals surface area contributed by atoms with Crippen LogP contribution in [0.1, 0.15) is 31.7 Å². The summed E-state index contributed by atoms with van der Waals surface area (Å²) in [4.78, 5) is 12.5. The third-order valence-corrected chi connectivity index (χ3v) is 4.61. The van der Waals surface area contributed by atoms with Gasteiger partial charge < -0.3 is 20.7 Å². The van der Waals surface area contributed by atoms with Gasteiger partial charge in [0.15, 0.2) is 5.96 Å². The van der Waals surface area contributed by atoms with Crippen LogP contribution in [0.4, 0.5) is 0 Å². The number of aryl methyl sites for hydroxylation is 1. The maximum Gasteiger partial charge on any atom is 0.191 e. The Labute approximate surface area is 189 Å². The smallest absolute Gasteiger partial charge is 0.191 e. The summed E-state index contributed by atoms with van der Waals surface area (Å²) in [6.45, 7) is 5.65. The summed E-state index contributed by atoms with van der Waals surface area (Å²) in [6.07, 6.45) is 1.79. The van der Waals surface area contributed by atoms with E-state index in [4.69, 9.17) is 0 Å². The van der Waals surface area contributed by atoms with Crippen LogP contribution in [0, 0.1) is 0 Å². The third-order valence-electron chi connectivity index (χ3n) is 4.61. The van der Waals surface area contributed by atoms with Gasteiger partial charge in [0.1, 0.15) is 11.4 Å². The number of nitrogens with one attached hydrogen (secondary N) is 3. The highest BCUT2D eigenvalue weighted by Crippen LogP contribution is 2.20. The number of hydrogen-bond acceptors (Lipinski definition) is 3. The number of imidazole rings is 1. The number of aliphatic imine (C=N–C) groups is 1. The molecule has 1 heterocycles. The lowest BCUT2D eigenvalue weighted by atomic mass is 9.96. The van der Waals surface area contributed by atoms with Crippen LogP contribution in [0.2, 0.25) is 0 Å². The fourth-order valence-corrected chi connectivity index (χ4v) is 3.05. The monoisotopic (exact) mass is 507 g/mol. The molecule has 1 unspecified atom stereocenters. The highest BCUT2D eigenvalue weighted by molar-refractivity contribution is 14.0. The summed E-state index contributed by atoms with van der Waals surface area (Å²) in [7, 11) is 0. The van der Waals surface area contributed by atoms with Crippen molar-refractivity contribution >= 4 is 41.0 Å². The first-order valence-corrected chi connectivity index (χ1v) is 9.82. The largest absolute Gasteiger partial charge is 0.384 e. The molecule has 0 fully saturated rings. The van der Waals surface area contributed by atoms with E-state index in [1.807, 2.05) is 61.5 Å². The summed E-state index contributed by atoms with van der Waals surface area (Å²) < 4.78 is 0. The highest BCUT2D eigenvalue weighted by Gasteiger charge is 2.22. The predicted molar refractivity (Wildman–Crippen MR) is 130 cm³/mol. The minimum Gasteiger partial charge on any atom is -0.384 e. The van der Waals surface area contributed by atoms with E-state index in [1.54, 1.807) is 6.92 Å². The molecule has 0 spiro atoms. The Bertz CT molecular complexity index is 875. The normalized spacial score (nSPS) is 13.6. The zero-order valence-corrected chi connectivity index (χ0v) is 19.3. The number of hydrogen-bond donors (Lipinski definition) is 4. The van der Waals surface area contributed by atoms with Gasteiger partial charge in [-0.15, -0.1) is 24.0 Å². The molecule has 0 saturated carbocycles. The standard InChI is InChI=1S/C22H29N5O.HI/c1-3-23-21(25-16-22(2,28)17-10-5-4-6-11-17)24-15-9-14-20-26-18-12-7-8-13-19(18)27-20;/h4-8,10-13,28H,3,9,14-16H2,1-2H3,(H,26,27)(H2,23,24,25);1H. The van der Waals surface area contributed by atoms with Gasteiger partial charge in [0.2, 0.25) is 0 Å². The fraction of sp³-hybridized carbons (Fsp3) is 0.364. The van der Waals surface area contributed by atoms with E-state index >= 15 is 0 Å². The first-order valence-electron chi connectivity index (χ1n) is 9.82. The van der Waals surface area contributed by atoms with Gasteiger partial charge in [0.05, 0.1) is 17.6 Å². The molecule has 0 radical (unpaired) electrons. The molecule has 1 atom stereocenters. The average molecular weight is 507 g/mol. The number of aromatic amines is 1. The van der Waals surface area contributed by atoms with Crippen molar-refractivity contribution in [2.75, 3.05) is 19.6 Å². The van der Waals surface area contributed by atoms with Crippen molar-refractivity contribution in [1.29, 1.82) is 0 Å². The highest BCUT2D eigenvalue weighted by atomic mass is 127. The fourth-order valence-electron chi connectivity index (χ4n) is 3.05. The topological polar surface area (TPSA) is 85.3 Å². The van der Waals surface area contributed by atoms with Crippen LogP contribution in [0.5, 0.6) is 0 Å². The van der Waals surface area contributed by atoms with Gasteiger partial charge in [-0.3, -0.25) is 0 Å². The van der Waals surface area contributed by atoms with Crippen molar-refractivity contribution < 1.29 is 5.11 Å². The van der Waals surface area contributed by atoms with E-state index in [2.05, 4.69) is 25.6 Å². The van der Waals surface area contributed by atoms with Gasteiger partial charge in [-0.25, -0.2) is 9.98 Å². The first-order chi connectivity index (χ1) is 13.6. The van der Waals surface area contributed by atoms with Crippen molar-refractivity contribution in [3.63, 3.8) is 0 Å². The maximum atomic E-state index is 10.7. The Morgan fingerprint density at radius 3 is 2.55 bits per heavy atom. The van der Waals surface area contributed by atoms with Crippen LogP contribution in [0.25, 0.3) is 11.0 Å². The average Bonchev–Trinajstić information content (AvgIpc) is 3.13. The van der Waals surface area contributed by atoms with Crippen LogP contribution in [0.3, 0.4) is 0 Å². The molecule has 3 rings (SSSR count). The zero-order valence-electron chi connectivity index (χ0n) is 17.0. The second-order valence-electron chi connectivity index (χ2n) is 7.07. The van der Waals surface area contributed by atoms with Crippen molar-refractivity contribution in [1.82, 2.24) is 20.6 Å². The third kappa shape index (κ3) is 6.71. The summed E-state index contributed by atoms with van der Waals surface area (Å²) >= 11 is 0. The molecular formula is C22H30IN5O. The minimum absolute atomic E-state index is 0. The van der Waals surface area contributed by atoms with Gasteiger partial charge >= 0.3 is 0 Å². The van der Waals surface area contributed by atoms with E-state index in [1.165, 1.54) is 0 Å². The molecular weight excluding hydrogens is 477 g/mol. The number of benzene rings is 2. The van der Waals surface area contributed by atoms with E-state index in [0.717, 1.165) is 48.4 Å². The van der Waals surface area contributed by atoms with Crippen molar-refractivity contribution in [3.8, 4) is 0 Å². The van der Waals surface area contributed by atoms with Crippen molar-refractivity contribution in [3.05, 3.63) is 66.0 Å². The van der Waals surface area contributed by atoms with Crippen LogP contribution in [-0.2, 0) is 12.0 Å². The second-order valence-corrected chi connectivity index (χ2v) is 7.07. The second kappa shape index (κ2) is 11.2. The van der Waals surface area contributed by atoms with Gasteiger partial charge in [0, 0.05) is 19.5 Å². The lowest BCUT2D eigenvalue weighted by Gasteiger charge is -2.22. The first kappa shape index (κ1) is 23.2. The summed E-state index contributed by atoms with van der Waals surface area (Å²) in [5, 5.41) is 17.3. The Hall–Kier alpha value is -2.13. The number of guanidine groups is 1. The van der Waals surface area contributed by atoms with E-state index in [9.17, 15) is 5.11 Å². The van der Waals surface area contributed by atoms with Gasteiger partial charge in [-0.1, -0.05) is 42.5 Å². The number of halogens is 1. The molecule has 0 aliphatic heterocycles.